The van der Waals surface area contributed by atoms with Gasteiger partial charge in [-0.05, 0) is 41.5 Å². The van der Waals surface area contributed by atoms with Crippen LogP contribution in [-0.4, -0.2) is 35.0 Å². The summed E-state index contributed by atoms with van der Waals surface area (Å²) in [5, 5.41) is 0. The number of carbonyl (C=O) groups excluding carboxylic acids is 1. The minimum atomic E-state index is -0.682. The molecule has 0 aromatic rings. The highest BCUT2D eigenvalue weighted by Crippen LogP contribution is 2.32. The lowest BCUT2D eigenvalue weighted by Gasteiger charge is -2.36. The predicted molar refractivity (Wildman–Crippen MR) is 69.9 cm³/mol. The smallest absolute Gasteiger partial charge is 0.412 e. The first-order valence-electron chi connectivity index (χ1n) is 6.21. The SMILES string of the molecule is C#C[C@H](C)[C@H]1COC(C)(C)N1C(=O)OC(C)(C)C. The highest BCUT2D eigenvalue weighted by molar-refractivity contribution is 5.70. The molecule has 102 valence electrons. The summed E-state index contributed by atoms with van der Waals surface area (Å²) in [6.45, 7) is 11.6. The van der Waals surface area contributed by atoms with Crippen LogP contribution >= 0.6 is 0 Å². The van der Waals surface area contributed by atoms with Gasteiger partial charge in [-0.3, -0.25) is 4.90 Å². The van der Waals surface area contributed by atoms with Crippen molar-refractivity contribution < 1.29 is 14.3 Å². The highest BCUT2D eigenvalue weighted by Gasteiger charge is 2.47. The molecule has 0 N–H and O–H groups in total. The van der Waals surface area contributed by atoms with Crippen molar-refractivity contribution in [3.05, 3.63) is 0 Å². The minimum absolute atomic E-state index is 0.0701. The Morgan fingerprint density at radius 1 is 1.56 bits per heavy atom. The first kappa shape index (κ1) is 14.8. The number of rotatable bonds is 1. The van der Waals surface area contributed by atoms with Crippen LogP contribution in [0.3, 0.4) is 0 Å². The van der Waals surface area contributed by atoms with Gasteiger partial charge in [0.1, 0.15) is 11.3 Å². The summed E-state index contributed by atoms with van der Waals surface area (Å²) < 4.78 is 11.1. The standard InChI is InChI=1S/C14H23NO3/c1-8-10(2)11-9-17-14(6,7)15(11)12(16)18-13(3,4)5/h1,10-11H,9H2,2-7H3/t10-,11+/m0/s1. The molecule has 1 rings (SSSR count). The summed E-state index contributed by atoms with van der Waals surface area (Å²) in [4.78, 5) is 13.9. The molecule has 0 aromatic heterocycles. The summed E-state index contributed by atoms with van der Waals surface area (Å²) >= 11 is 0. The van der Waals surface area contributed by atoms with Crippen LogP contribution in [0.1, 0.15) is 41.5 Å². The molecule has 0 unspecified atom stereocenters. The Morgan fingerprint density at radius 3 is 2.56 bits per heavy atom. The summed E-state index contributed by atoms with van der Waals surface area (Å²) in [6.07, 6.45) is 5.07. The Kier molecular flexibility index (Phi) is 3.97. The molecular weight excluding hydrogens is 230 g/mol. The Bertz CT molecular complexity index is 362. The molecule has 1 saturated heterocycles. The lowest BCUT2D eigenvalue weighted by molar-refractivity contribution is -0.0634. The van der Waals surface area contributed by atoms with Gasteiger partial charge in [0, 0.05) is 5.92 Å². The molecule has 0 radical (unpaired) electrons. The number of hydrogen-bond donors (Lipinski definition) is 0. The number of terminal acetylenes is 1. The number of carbonyl (C=O) groups is 1. The third kappa shape index (κ3) is 3.17. The van der Waals surface area contributed by atoms with Gasteiger partial charge in [0.2, 0.25) is 0 Å². The van der Waals surface area contributed by atoms with Crippen LogP contribution in [0.15, 0.2) is 0 Å². The largest absolute Gasteiger partial charge is 0.444 e. The number of nitrogens with zero attached hydrogens (tertiary/aromatic N) is 1. The number of ether oxygens (including phenoxy) is 2. The van der Waals surface area contributed by atoms with Crippen molar-refractivity contribution in [2.24, 2.45) is 5.92 Å². The van der Waals surface area contributed by atoms with Gasteiger partial charge in [-0.15, -0.1) is 12.3 Å². The average Bonchev–Trinajstić information content (AvgIpc) is 2.50. The highest BCUT2D eigenvalue weighted by atomic mass is 16.6. The van der Waals surface area contributed by atoms with Crippen LogP contribution in [0.5, 0.6) is 0 Å². The normalized spacial score (nSPS) is 24.5. The van der Waals surface area contributed by atoms with Crippen molar-refractivity contribution in [3.63, 3.8) is 0 Å². The van der Waals surface area contributed by atoms with Crippen molar-refractivity contribution in [2.45, 2.75) is 58.9 Å². The number of hydrogen-bond acceptors (Lipinski definition) is 3. The second-order valence-electron chi connectivity index (χ2n) is 6.13. The van der Waals surface area contributed by atoms with Gasteiger partial charge in [-0.2, -0.15) is 0 Å². The van der Waals surface area contributed by atoms with Gasteiger partial charge < -0.3 is 9.47 Å². The van der Waals surface area contributed by atoms with Crippen molar-refractivity contribution in [1.82, 2.24) is 4.90 Å². The Morgan fingerprint density at radius 2 is 2.11 bits per heavy atom. The van der Waals surface area contributed by atoms with E-state index in [0.717, 1.165) is 0 Å². The first-order valence-corrected chi connectivity index (χ1v) is 6.21. The zero-order valence-corrected chi connectivity index (χ0v) is 12.1. The molecule has 4 heteroatoms. The van der Waals surface area contributed by atoms with Gasteiger partial charge in [0.15, 0.2) is 0 Å². The topological polar surface area (TPSA) is 38.8 Å². The van der Waals surface area contributed by atoms with Crippen molar-refractivity contribution in [3.8, 4) is 12.3 Å². The van der Waals surface area contributed by atoms with Gasteiger partial charge in [0.25, 0.3) is 0 Å². The summed E-state index contributed by atoms with van der Waals surface area (Å²) in [7, 11) is 0. The molecule has 0 bridgehead atoms. The fourth-order valence-electron chi connectivity index (χ4n) is 1.98. The molecule has 1 amide bonds. The van der Waals surface area contributed by atoms with Crippen molar-refractivity contribution in [1.29, 1.82) is 0 Å². The molecular formula is C14H23NO3. The molecule has 1 aliphatic heterocycles. The van der Waals surface area contributed by atoms with E-state index in [0.29, 0.717) is 6.61 Å². The maximum atomic E-state index is 12.3. The maximum absolute atomic E-state index is 12.3. The second-order valence-corrected chi connectivity index (χ2v) is 6.13. The van der Waals surface area contributed by atoms with Gasteiger partial charge in [-0.25, -0.2) is 4.79 Å². The van der Waals surface area contributed by atoms with Crippen LogP contribution in [0.4, 0.5) is 4.79 Å². The van der Waals surface area contributed by atoms with E-state index in [9.17, 15) is 4.79 Å². The molecule has 1 heterocycles. The Labute approximate surface area is 110 Å². The lowest BCUT2D eigenvalue weighted by atomic mass is 10.0. The Hall–Kier alpha value is -1.21. The molecule has 0 aromatic carbocycles. The van der Waals surface area contributed by atoms with Crippen LogP contribution in [0, 0.1) is 18.3 Å². The van der Waals surface area contributed by atoms with Crippen LogP contribution < -0.4 is 0 Å². The summed E-state index contributed by atoms with van der Waals surface area (Å²) in [5.74, 6) is 2.59. The third-order valence-corrected chi connectivity index (χ3v) is 2.95. The zero-order chi connectivity index (χ0) is 14.1. The molecule has 0 saturated carbocycles. The fourth-order valence-corrected chi connectivity index (χ4v) is 1.98. The molecule has 0 aliphatic carbocycles. The van der Waals surface area contributed by atoms with Crippen LogP contribution in [0.25, 0.3) is 0 Å². The van der Waals surface area contributed by atoms with Crippen molar-refractivity contribution in [2.75, 3.05) is 6.61 Å². The van der Waals surface area contributed by atoms with E-state index in [2.05, 4.69) is 5.92 Å². The molecule has 1 fully saturated rings. The molecule has 0 spiro atoms. The third-order valence-electron chi connectivity index (χ3n) is 2.95. The quantitative estimate of drug-likeness (QED) is 0.674. The fraction of sp³-hybridized carbons (Fsp3) is 0.786. The number of amides is 1. The monoisotopic (exact) mass is 253 g/mol. The Balaban J connectivity index is 2.93. The molecule has 1 aliphatic rings. The van der Waals surface area contributed by atoms with E-state index in [1.165, 1.54) is 0 Å². The molecule has 4 nitrogen and oxygen atoms in total. The average molecular weight is 253 g/mol. The van der Waals surface area contributed by atoms with E-state index in [1.54, 1.807) is 4.90 Å². The van der Waals surface area contributed by atoms with E-state index in [-0.39, 0.29) is 18.1 Å². The second kappa shape index (κ2) is 4.81. The zero-order valence-electron chi connectivity index (χ0n) is 12.1. The van der Waals surface area contributed by atoms with E-state index < -0.39 is 11.3 Å². The molecule has 18 heavy (non-hydrogen) atoms. The maximum Gasteiger partial charge on any atom is 0.412 e. The predicted octanol–water partition coefficient (Wildman–Crippen LogP) is 2.63. The van der Waals surface area contributed by atoms with Gasteiger partial charge in [-0.1, -0.05) is 0 Å². The lowest BCUT2D eigenvalue weighted by Crippen LogP contribution is -2.51. The van der Waals surface area contributed by atoms with Gasteiger partial charge >= 0.3 is 6.09 Å². The summed E-state index contributed by atoms with van der Waals surface area (Å²) in [5.41, 5.74) is -1.21. The van der Waals surface area contributed by atoms with E-state index in [4.69, 9.17) is 15.9 Å². The van der Waals surface area contributed by atoms with Crippen LogP contribution in [-0.2, 0) is 9.47 Å². The van der Waals surface area contributed by atoms with Crippen LogP contribution in [0.2, 0.25) is 0 Å². The van der Waals surface area contributed by atoms with E-state index >= 15 is 0 Å². The first-order chi connectivity index (χ1) is 8.08. The van der Waals surface area contributed by atoms with E-state index in [1.807, 2.05) is 41.5 Å². The minimum Gasteiger partial charge on any atom is -0.444 e. The van der Waals surface area contributed by atoms with Crippen molar-refractivity contribution >= 4 is 6.09 Å². The summed E-state index contributed by atoms with van der Waals surface area (Å²) in [6, 6.07) is -0.139. The molecule has 2 atom stereocenters. The van der Waals surface area contributed by atoms with Gasteiger partial charge in [0.05, 0.1) is 12.6 Å².